The molecule has 0 aromatic carbocycles. The molecule has 4 nitrogen and oxygen atoms in total. The minimum Gasteiger partial charge on any atom is -0.378 e. The molecule has 1 aliphatic heterocycles. The van der Waals surface area contributed by atoms with E-state index in [0.717, 1.165) is 25.9 Å². The summed E-state index contributed by atoms with van der Waals surface area (Å²) >= 11 is 0. The molecule has 0 aromatic rings. The minimum absolute atomic E-state index is 0.0400. The van der Waals surface area contributed by atoms with Gasteiger partial charge in [0.15, 0.2) is 0 Å². The number of nitrogens with zero attached hydrogens (tertiary/aromatic N) is 1. The Morgan fingerprint density at radius 2 is 2.08 bits per heavy atom. The average Bonchev–Trinajstić information content (AvgIpc) is 2.18. The molecule has 1 aliphatic rings. The molecule has 0 atom stereocenters. The van der Waals surface area contributed by atoms with E-state index in [-0.39, 0.29) is 18.1 Å². The van der Waals surface area contributed by atoms with Crippen molar-refractivity contribution in [2.75, 3.05) is 26.7 Å². The molecule has 1 rings (SSSR count). The van der Waals surface area contributed by atoms with E-state index in [2.05, 4.69) is 6.92 Å². The van der Waals surface area contributed by atoms with Crippen LogP contribution in [0.25, 0.3) is 0 Å². The summed E-state index contributed by atoms with van der Waals surface area (Å²) in [4.78, 5) is 13.0. The molecule has 0 bridgehead atoms. The van der Waals surface area contributed by atoms with Gasteiger partial charge in [-0.1, -0.05) is 0 Å². The fourth-order valence-electron chi connectivity index (χ4n) is 1.56. The number of hydrogen-bond donors (Lipinski definition) is 1. The third-order valence-corrected chi connectivity index (χ3v) is 2.84. The van der Waals surface area contributed by atoms with Crippen molar-refractivity contribution in [3.05, 3.63) is 0 Å². The van der Waals surface area contributed by atoms with Gasteiger partial charge in [-0.05, 0) is 19.8 Å². The van der Waals surface area contributed by atoms with Crippen molar-refractivity contribution in [3.63, 3.8) is 0 Å². The Hall–Kier alpha value is -0.610. The number of piperidine rings is 1. The number of nitrogens with two attached hydrogens (primary N) is 1. The van der Waals surface area contributed by atoms with Crippen molar-refractivity contribution in [1.29, 1.82) is 0 Å². The van der Waals surface area contributed by atoms with Gasteiger partial charge in [0, 0.05) is 20.2 Å². The third-order valence-electron chi connectivity index (χ3n) is 2.84. The Labute approximate surface area is 79.0 Å². The predicted molar refractivity (Wildman–Crippen MR) is 50.3 cm³/mol. The molecule has 13 heavy (non-hydrogen) atoms. The summed E-state index contributed by atoms with van der Waals surface area (Å²) in [6, 6.07) is 0. The van der Waals surface area contributed by atoms with E-state index in [0.29, 0.717) is 0 Å². The first kappa shape index (κ1) is 10.5. The second-order valence-electron chi connectivity index (χ2n) is 3.74. The molecule has 1 amide bonds. The van der Waals surface area contributed by atoms with E-state index < -0.39 is 0 Å². The monoisotopic (exact) mass is 186 g/mol. The topological polar surface area (TPSA) is 55.6 Å². The highest BCUT2D eigenvalue weighted by Gasteiger charge is 2.30. The molecule has 1 saturated heterocycles. The quantitative estimate of drug-likeness (QED) is 0.659. The summed E-state index contributed by atoms with van der Waals surface area (Å²) < 4.78 is 5.37. The van der Waals surface area contributed by atoms with Crippen LogP contribution in [0.2, 0.25) is 0 Å². The predicted octanol–water partition coefficient (Wildman–Crippen LogP) is -0.0274. The number of amides is 1. The summed E-state index contributed by atoms with van der Waals surface area (Å²) in [7, 11) is 1.72. The average molecular weight is 186 g/mol. The number of carbonyl (C=O) groups is 1. The maximum absolute atomic E-state index is 11.2. The molecular weight excluding hydrogens is 168 g/mol. The zero-order chi connectivity index (χ0) is 9.90. The van der Waals surface area contributed by atoms with Crippen molar-refractivity contribution in [2.45, 2.75) is 25.4 Å². The second-order valence-corrected chi connectivity index (χ2v) is 3.74. The smallest absolute Gasteiger partial charge is 0.236 e. The van der Waals surface area contributed by atoms with E-state index in [1.54, 1.807) is 12.0 Å². The maximum Gasteiger partial charge on any atom is 0.236 e. The van der Waals surface area contributed by atoms with Gasteiger partial charge in [0.05, 0.1) is 12.1 Å². The van der Waals surface area contributed by atoms with Crippen LogP contribution < -0.4 is 5.73 Å². The standard InChI is InChI=1S/C9H18N2O2/c1-9(13-2)3-5-11(6-4-9)8(12)7-10/h3-7,10H2,1-2H3. The van der Waals surface area contributed by atoms with Crippen molar-refractivity contribution >= 4 is 5.91 Å². The Morgan fingerprint density at radius 1 is 1.54 bits per heavy atom. The van der Waals surface area contributed by atoms with Gasteiger partial charge in [0.2, 0.25) is 5.91 Å². The van der Waals surface area contributed by atoms with Crippen LogP contribution in [0.3, 0.4) is 0 Å². The third kappa shape index (κ3) is 2.42. The molecule has 0 unspecified atom stereocenters. The van der Waals surface area contributed by atoms with Gasteiger partial charge in [-0.15, -0.1) is 0 Å². The molecule has 0 saturated carbocycles. The van der Waals surface area contributed by atoms with Crippen LogP contribution in [0.4, 0.5) is 0 Å². The van der Waals surface area contributed by atoms with Crippen molar-refractivity contribution in [2.24, 2.45) is 5.73 Å². The van der Waals surface area contributed by atoms with E-state index in [9.17, 15) is 4.79 Å². The summed E-state index contributed by atoms with van der Waals surface area (Å²) in [6.07, 6.45) is 1.80. The Bertz CT molecular complexity index is 186. The number of ether oxygens (including phenoxy) is 1. The van der Waals surface area contributed by atoms with Gasteiger partial charge in [-0.25, -0.2) is 0 Å². The van der Waals surface area contributed by atoms with Crippen LogP contribution in [0, 0.1) is 0 Å². The number of hydrogen-bond acceptors (Lipinski definition) is 3. The van der Waals surface area contributed by atoms with Crippen molar-refractivity contribution in [3.8, 4) is 0 Å². The zero-order valence-electron chi connectivity index (χ0n) is 8.38. The van der Waals surface area contributed by atoms with Crippen LogP contribution in [-0.2, 0) is 9.53 Å². The summed E-state index contributed by atoms with van der Waals surface area (Å²) in [5.41, 5.74) is 5.23. The minimum atomic E-state index is -0.0502. The Kier molecular flexibility index (Phi) is 3.27. The summed E-state index contributed by atoms with van der Waals surface area (Å²) in [5, 5.41) is 0. The SMILES string of the molecule is COC1(C)CCN(C(=O)CN)CC1. The molecule has 1 heterocycles. The second kappa shape index (κ2) is 4.07. The van der Waals surface area contributed by atoms with Gasteiger partial charge >= 0.3 is 0 Å². The number of carbonyl (C=O) groups excluding carboxylic acids is 1. The summed E-state index contributed by atoms with van der Waals surface area (Å²) in [6.45, 7) is 3.72. The van der Waals surface area contributed by atoms with Crippen molar-refractivity contribution < 1.29 is 9.53 Å². The maximum atomic E-state index is 11.2. The van der Waals surface area contributed by atoms with Crippen LogP contribution in [-0.4, -0.2) is 43.2 Å². The highest BCUT2D eigenvalue weighted by Crippen LogP contribution is 2.24. The number of rotatable bonds is 2. The largest absolute Gasteiger partial charge is 0.378 e. The molecule has 76 valence electrons. The van der Waals surface area contributed by atoms with E-state index in [1.165, 1.54) is 0 Å². The Morgan fingerprint density at radius 3 is 2.46 bits per heavy atom. The molecule has 0 radical (unpaired) electrons. The molecular formula is C9H18N2O2. The molecule has 0 aliphatic carbocycles. The summed E-state index contributed by atoms with van der Waals surface area (Å²) in [5.74, 6) is 0.0400. The van der Waals surface area contributed by atoms with Gasteiger partial charge in [-0.3, -0.25) is 4.79 Å². The molecule has 1 fully saturated rings. The molecule has 0 aromatic heterocycles. The van der Waals surface area contributed by atoms with Crippen LogP contribution >= 0.6 is 0 Å². The highest BCUT2D eigenvalue weighted by molar-refractivity contribution is 5.78. The molecule has 0 spiro atoms. The number of likely N-dealkylation sites (tertiary alicyclic amines) is 1. The highest BCUT2D eigenvalue weighted by atomic mass is 16.5. The van der Waals surface area contributed by atoms with Gasteiger partial charge in [-0.2, -0.15) is 0 Å². The lowest BCUT2D eigenvalue weighted by molar-refractivity contribution is -0.134. The normalized spacial score (nSPS) is 21.6. The fraction of sp³-hybridized carbons (Fsp3) is 0.889. The van der Waals surface area contributed by atoms with E-state index in [1.807, 2.05) is 0 Å². The lowest BCUT2D eigenvalue weighted by atomic mass is 9.93. The first-order valence-corrected chi connectivity index (χ1v) is 4.64. The molecule has 2 N–H and O–H groups in total. The number of methoxy groups -OCH3 is 1. The first-order valence-electron chi connectivity index (χ1n) is 4.64. The first-order chi connectivity index (χ1) is 6.11. The van der Waals surface area contributed by atoms with Crippen LogP contribution in [0.15, 0.2) is 0 Å². The van der Waals surface area contributed by atoms with Gasteiger partial charge in [0.25, 0.3) is 0 Å². The zero-order valence-corrected chi connectivity index (χ0v) is 8.38. The van der Waals surface area contributed by atoms with E-state index in [4.69, 9.17) is 10.5 Å². The van der Waals surface area contributed by atoms with E-state index >= 15 is 0 Å². The van der Waals surface area contributed by atoms with Crippen LogP contribution in [0.1, 0.15) is 19.8 Å². The van der Waals surface area contributed by atoms with Crippen LogP contribution in [0.5, 0.6) is 0 Å². The van der Waals surface area contributed by atoms with Gasteiger partial charge in [0.1, 0.15) is 0 Å². The lowest BCUT2D eigenvalue weighted by Gasteiger charge is -2.38. The van der Waals surface area contributed by atoms with Crippen molar-refractivity contribution in [1.82, 2.24) is 4.90 Å². The van der Waals surface area contributed by atoms with Gasteiger partial charge < -0.3 is 15.4 Å². The fourth-order valence-corrected chi connectivity index (χ4v) is 1.56. The molecule has 4 heteroatoms. The Balaban J connectivity index is 2.43. The lowest BCUT2D eigenvalue weighted by Crippen LogP contribution is -2.47.